The first-order valence-corrected chi connectivity index (χ1v) is 10.4. The zero-order valence-corrected chi connectivity index (χ0v) is 16.5. The average Bonchev–Trinajstić information content (AvgIpc) is 2.66. The molecular weight excluding hydrogens is 405 g/mol. The van der Waals surface area contributed by atoms with Crippen LogP contribution in [0.3, 0.4) is 0 Å². The highest BCUT2D eigenvalue weighted by Crippen LogP contribution is 2.59. The number of anilines is 2. The van der Waals surface area contributed by atoms with Gasteiger partial charge in [-0.3, -0.25) is 9.11 Å². The molecule has 2 aromatic carbocycles. The number of nitriles is 1. The monoisotopic (exact) mass is 426 g/mol. The molecule has 0 saturated heterocycles. The van der Waals surface area contributed by atoms with Gasteiger partial charge in [-0.2, -0.15) is 9.57 Å². The maximum Gasteiger partial charge on any atom is 0.154 e. The number of hydrogen-bond donors (Lipinski definition) is 3. The number of halogens is 3. The van der Waals surface area contributed by atoms with Gasteiger partial charge in [0, 0.05) is 25.2 Å². The molecule has 1 aliphatic rings. The van der Waals surface area contributed by atoms with Crippen LogP contribution in [0.15, 0.2) is 30.3 Å². The fourth-order valence-corrected chi connectivity index (χ4v) is 5.05. The third-order valence-corrected chi connectivity index (χ3v) is 6.51. The average molecular weight is 426 g/mol. The van der Waals surface area contributed by atoms with E-state index in [2.05, 4.69) is 5.32 Å². The molecule has 0 radical (unpaired) electrons. The lowest BCUT2D eigenvalue weighted by Gasteiger charge is -2.53. The summed E-state index contributed by atoms with van der Waals surface area (Å²) in [6, 6.07) is 7.34. The van der Waals surface area contributed by atoms with Crippen molar-refractivity contribution in [3.05, 3.63) is 58.9 Å². The summed E-state index contributed by atoms with van der Waals surface area (Å²) in [5.41, 5.74) is 0.237. The van der Waals surface area contributed by atoms with Gasteiger partial charge in [0.2, 0.25) is 0 Å². The number of hydrogen-bond acceptors (Lipinski definition) is 6. The van der Waals surface area contributed by atoms with Crippen LogP contribution in [0.2, 0.25) is 0 Å². The predicted octanol–water partition coefficient (Wildman–Crippen LogP) is 4.51. The zero-order chi connectivity index (χ0) is 21.2. The van der Waals surface area contributed by atoms with Crippen molar-refractivity contribution in [1.29, 1.82) is 5.26 Å². The maximum absolute atomic E-state index is 14.5. The largest absolute Gasteiger partial charge is 0.320 e. The predicted molar refractivity (Wildman–Crippen MR) is 106 cm³/mol. The first kappa shape index (κ1) is 21.4. The van der Waals surface area contributed by atoms with Gasteiger partial charge in [-0.1, -0.05) is 0 Å². The van der Waals surface area contributed by atoms with E-state index in [4.69, 9.17) is 0 Å². The smallest absolute Gasteiger partial charge is 0.154 e. The van der Waals surface area contributed by atoms with Crippen LogP contribution in [0, 0.1) is 28.8 Å². The summed E-state index contributed by atoms with van der Waals surface area (Å²) in [5.74, 6) is -3.62. The molecule has 0 fully saturated rings. The van der Waals surface area contributed by atoms with E-state index in [0.717, 1.165) is 17.3 Å². The summed E-state index contributed by atoms with van der Waals surface area (Å²) in [6.07, 6.45) is 1.36. The van der Waals surface area contributed by atoms with Gasteiger partial charge in [0.15, 0.2) is 11.6 Å². The Morgan fingerprint density at radius 3 is 2.45 bits per heavy atom. The Bertz CT molecular complexity index is 929. The van der Waals surface area contributed by atoms with Crippen LogP contribution in [0.5, 0.6) is 0 Å². The molecule has 10 heteroatoms. The van der Waals surface area contributed by atoms with Crippen molar-refractivity contribution in [2.24, 2.45) is 0 Å². The highest BCUT2D eigenvalue weighted by molar-refractivity contribution is 8.23. The van der Waals surface area contributed by atoms with E-state index in [9.17, 15) is 27.5 Å². The van der Waals surface area contributed by atoms with Crippen LogP contribution in [-0.4, -0.2) is 33.5 Å². The number of rotatable bonds is 6. The van der Waals surface area contributed by atoms with Gasteiger partial charge in [0.1, 0.15) is 11.5 Å². The molecule has 3 rings (SSSR count). The van der Waals surface area contributed by atoms with Crippen LogP contribution in [-0.2, 0) is 6.54 Å². The molecule has 3 N–H and O–H groups in total. The summed E-state index contributed by atoms with van der Waals surface area (Å²) in [6.45, 7) is 1.07. The lowest BCUT2D eigenvalue weighted by Crippen LogP contribution is -2.42. The second-order valence-corrected chi connectivity index (χ2v) is 8.49. The minimum Gasteiger partial charge on any atom is -0.320 e. The van der Waals surface area contributed by atoms with Crippen molar-refractivity contribution in [2.75, 3.05) is 24.4 Å². The first-order chi connectivity index (χ1) is 13.8. The van der Waals surface area contributed by atoms with Crippen molar-refractivity contribution in [3.63, 3.8) is 0 Å². The quantitative estimate of drug-likeness (QED) is 0.590. The molecule has 0 bridgehead atoms. The van der Waals surface area contributed by atoms with Gasteiger partial charge >= 0.3 is 0 Å². The highest BCUT2D eigenvalue weighted by atomic mass is 32.3. The van der Waals surface area contributed by atoms with E-state index in [0.29, 0.717) is 29.7 Å². The molecule has 0 amide bonds. The number of fused-ring (bicyclic) bond motifs is 1. The second kappa shape index (κ2) is 8.61. The standard InChI is InChI=1S/C19H21F3N4O2S/c1-24-6-2-3-7-25-12-14-8-13(11-23)4-5-18(14)26(29(25,27)28)19-16(21)9-15(20)10-17(19)22/h4-5,8-10,24,27-28H,2-3,6-7,12H2,1H3. The molecule has 29 heavy (non-hydrogen) atoms. The van der Waals surface area contributed by atoms with Gasteiger partial charge in [-0.25, -0.2) is 17.5 Å². The van der Waals surface area contributed by atoms with Crippen molar-refractivity contribution in [3.8, 4) is 6.07 Å². The van der Waals surface area contributed by atoms with Crippen molar-refractivity contribution in [1.82, 2.24) is 9.62 Å². The van der Waals surface area contributed by atoms with E-state index in [1.54, 1.807) is 7.05 Å². The fraction of sp³-hybridized carbons (Fsp3) is 0.316. The molecule has 1 heterocycles. The van der Waals surface area contributed by atoms with Crippen molar-refractivity contribution < 1.29 is 22.3 Å². The Hall–Kier alpha value is -2.29. The van der Waals surface area contributed by atoms with Gasteiger partial charge in [-0.15, -0.1) is 0 Å². The molecule has 0 saturated carbocycles. The van der Waals surface area contributed by atoms with E-state index in [-0.39, 0.29) is 18.8 Å². The lowest BCUT2D eigenvalue weighted by atomic mass is 10.1. The number of nitrogens with one attached hydrogen (secondary N) is 1. The molecule has 156 valence electrons. The van der Waals surface area contributed by atoms with Gasteiger partial charge in [0.25, 0.3) is 0 Å². The van der Waals surface area contributed by atoms with Crippen molar-refractivity contribution in [2.45, 2.75) is 19.4 Å². The molecule has 0 unspecified atom stereocenters. The third kappa shape index (κ3) is 4.19. The van der Waals surface area contributed by atoms with Crippen LogP contribution < -0.4 is 9.62 Å². The third-order valence-electron chi connectivity index (χ3n) is 4.63. The summed E-state index contributed by atoms with van der Waals surface area (Å²) in [4.78, 5) is 0. The summed E-state index contributed by atoms with van der Waals surface area (Å²) >= 11 is 0. The van der Waals surface area contributed by atoms with Gasteiger partial charge in [0.05, 0.1) is 17.3 Å². The first-order valence-electron chi connectivity index (χ1n) is 8.95. The minimum absolute atomic E-state index is 0.0909. The Balaban J connectivity index is 2.11. The topological polar surface area (TPSA) is 82.8 Å². The van der Waals surface area contributed by atoms with Crippen molar-refractivity contribution >= 4 is 22.3 Å². The van der Waals surface area contributed by atoms with Gasteiger partial charge < -0.3 is 5.32 Å². The van der Waals surface area contributed by atoms with E-state index in [1.165, 1.54) is 22.5 Å². The number of unbranched alkanes of at least 4 members (excludes halogenated alkanes) is 1. The molecule has 0 spiro atoms. The normalized spacial score (nSPS) is 16.9. The molecule has 1 aliphatic heterocycles. The fourth-order valence-electron chi connectivity index (χ4n) is 3.27. The molecular formula is C19H21F3N4O2S. The van der Waals surface area contributed by atoms with Crippen LogP contribution in [0.4, 0.5) is 24.5 Å². The van der Waals surface area contributed by atoms with Crippen LogP contribution >= 0.6 is 11.0 Å². The molecule has 6 nitrogen and oxygen atoms in total. The molecule has 0 aromatic heterocycles. The van der Waals surface area contributed by atoms with Crippen LogP contribution in [0.25, 0.3) is 0 Å². The van der Waals surface area contributed by atoms with Crippen LogP contribution in [0.1, 0.15) is 24.0 Å². The SMILES string of the molecule is CNCCCCN1Cc2cc(C#N)ccc2N(c2c(F)cc(F)cc2F)S1(O)O. The Morgan fingerprint density at radius 2 is 1.83 bits per heavy atom. The second-order valence-electron chi connectivity index (χ2n) is 6.63. The summed E-state index contributed by atoms with van der Waals surface area (Å²) < 4.78 is 66.6. The Morgan fingerprint density at radius 1 is 1.14 bits per heavy atom. The molecule has 0 atom stereocenters. The van der Waals surface area contributed by atoms with E-state index in [1.807, 2.05) is 6.07 Å². The van der Waals surface area contributed by atoms with E-state index >= 15 is 0 Å². The van der Waals surface area contributed by atoms with Gasteiger partial charge in [-0.05, 0) is 61.2 Å². The lowest BCUT2D eigenvalue weighted by molar-refractivity contribution is 0.329. The zero-order valence-electron chi connectivity index (χ0n) is 15.7. The Kier molecular flexibility index (Phi) is 6.36. The van der Waals surface area contributed by atoms with E-state index < -0.39 is 34.1 Å². The minimum atomic E-state index is -3.83. The summed E-state index contributed by atoms with van der Waals surface area (Å²) in [5, 5.41) is 12.2. The number of nitrogens with zero attached hydrogens (tertiary/aromatic N) is 3. The maximum atomic E-state index is 14.5. The molecule has 0 aliphatic carbocycles. The Labute approximate surface area is 168 Å². The number of benzene rings is 2. The molecule has 2 aromatic rings. The summed E-state index contributed by atoms with van der Waals surface area (Å²) in [7, 11) is -2.03. The highest BCUT2D eigenvalue weighted by Gasteiger charge is 2.40.